The average Bonchev–Trinajstić information content (AvgIpc) is 3.27. The second-order valence-corrected chi connectivity index (χ2v) is 7.04. The van der Waals surface area contributed by atoms with E-state index in [2.05, 4.69) is 6.92 Å². The van der Waals surface area contributed by atoms with E-state index in [4.69, 9.17) is 23.8 Å². The predicted octanol–water partition coefficient (Wildman–Crippen LogP) is 0.285. The van der Waals surface area contributed by atoms with Crippen LogP contribution in [-0.4, -0.2) is 72.6 Å². The van der Waals surface area contributed by atoms with Crippen LogP contribution in [0.2, 0.25) is 0 Å². The van der Waals surface area contributed by atoms with Gasteiger partial charge < -0.3 is 24.1 Å². The van der Waals surface area contributed by atoms with E-state index in [-0.39, 0.29) is 92.1 Å². The predicted molar refractivity (Wildman–Crippen MR) is 78.7 cm³/mol. The third kappa shape index (κ3) is 3.71. The number of ether oxygens (including phenoxy) is 4. The molecule has 0 spiro atoms. The van der Waals surface area contributed by atoms with Gasteiger partial charge >= 0.3 is 0 Å². The van der Waals surface area contributed by atoms with E-state index in [1.807, 2.05) is 20.6 Å². The van der Waals surface area contributed by atoms with Gasteiger partial charge in [-0.1, -0.05) is 6.92 Å². The van der Waals surface area contributed by atoms with Crippen molar-refractivity contribution in [3.63, 3.8) is 0 Å². The van der Waals surface area contributed by atoms with E-state index >= 15 is 0 Å². The summed E-state index contributed by atoms with van der Waals surface area (Å²) in [5, 5.41) is 12.1. The van der Waals surface area contributed by atoms with Crippen molar-refractivity contribution >= 4 is 0 Å². The molecule has 4 fully saturated rings. The maximum atomic E-state index is 10.3. The van der Waals surface area contributed by atoms with Gasteiger partial charge in [-0.25, -0.2) is 0 Å². The van der Waals surface area contributed by atoms with Crippen LogP contribution in [0.25, 0.3) is 0 Å². The number of hydrogen-bond donors (Lipinski definition) is 1. The van der Waals surface area contributed by atoms with Crippen LogP contribution >= 0.6 is 0 Å². The van der Waals surface area contributed by atoms with Gasteiger partial charge in [0.25, 0.3) is 0 Å². The molecular formula is C16H25NO6U2-2. The Morgan fingerprint density at radius 2 is 1.88 bits per heavy atom. The smallest absolute Gasteiger partial charge is 0.114 e. The van der Waals surface area contributed by atoms with Crippen LogP contribution in [0, 0.1) is 81.4 Å². The molecule has 7 atom stereocenters. The quantitative estimate of drug-likeness (QED) is 0.306. The Hall–Kier alpha value is 1.82. The van der Waals surface area contributed by atoms with Crippen LogP contribution in [0.15, 0.2) is 0 Å². The SMILES string of the molecule is CC[C@@]12CO[C@@H]([CH-]O1)[C@@H]2CN(C)OC(C)[C@@]12CO[C@@H]([CH-]O1)[C@@H]2O.[U].[U]. The summed E-state index contributed by atoms with van der Waals surface area (Å²) in [6.45, 7) is 9.07. The van der Waals surface area contributed by atoms with Crippen molar-refractivity contribution in [1.29, 1.82) is 0 Å². The monoisotopic (exact) mass is 803 g/mol. The van der Waals surface area contributed by atoms with Crippen LogP contribution in [-0.2, 0) is 23.8 Å². The molecule has 1 unspecified atom stereocenters. The van der Waals surface area contributed by atoms with Crippen molar-refractivity contribution < 1.29 is 91.1 Å². The molecule has 0 aromatic heterocycles. The van der Waals surface area contributed by atoms with Crippen molar-refractivity contribution in [2.24, 2.45) is 5.92 Å². The van der Waals surface area contributed by atoms with Gasteiger partial charge in [-0.15, -0.1) is 0 Å². The van der Waals surface area contributed by atoms with E-state index in [9.17, 15) is 5.11 Å². The molecule has 0 saturated carbocycles. The zero-order valence-corrected chi connectivity index (χ0v) is 23.1. The van der Waals surface area contributed by atoms with Gasteiger partial charge in [0.05, 0.1) is 24.9 Å². The first-order chi connectivity index (χ1) is 11.0. The number of nitrogens with zero attached hydrogens (tertiary/aromatic N) is 1. The molecule has 4 saturated heterocycles. The Labute approximate surface area is 196 Å². The fraction of sp³-hybridized carbons (Fsp3) is 0.875. The van der Waals surface area contributed by atoms with Gasteiger partial charge in [-0.3, -0.25) is 4.84 Å². The van der Waals surface area contributed by atoms with Gasteiger partial charge in [0, 0.05) is 81.7 Å². The minimum absolute atomic E-state index is 0. The Kier molecular flexibility index (Phi) is 8.02. The van der Waals surface area contributed by atoms with Crippen LogP contribution < -0.4 is 0 Å². The normalized spacial score (nSPS) is 45.5. The van der Waals surface area contributed by atoms with E-state index < -0.39 is 11.7 Å². The average molecular weight is 803 g/mol. The van der Waals surface area contributed by atoms with Gasteiger partial charge in [0.1, 0.15) is 11.7 Å². The Balaban J connectivity index is 0.00000113. The maximum absolute atomic E-state index is 10.3. The Morgan fingerprint density at radius 3 is 2.36 bits per heavy atom. The van der Waals surface area contributed by atoms with E-state index in [0.29, 0.717) is 19.8 Å². The van der Waals surface area contributed by atoms with Crippen LogP contribution in [0.4, 0.5) is 0 Å². The van der Waals surface area contributed by atoms with Crippen molar-refractivity contribution in [2.45, 2.75) is 55.9 Å². The second kappa shape index (κ2) is 8.68. The Morgan fingerprint density at radius 1 is 1.20 bits per heavy atom. The summed E-state index contributed by atoms with van der Waals surface area (Å²) in [6.07, 6.45) is -0.430. The molecule has 140 valence electrons. The molecule has 25 heavy (non-hydrogen) atoms. The molecule has 4 rings (SSSR count). The molecule has 4 aliphatic heterocycles. The summed E-state index contributed by atoms with van der Waals surface area (Å²) >= 11 is 0. The van der Waals surface area contributed by atoms with Crippen molar-refractivity contribution in [2.75, 3.05) is 26.8 Å². The summed E-state index contributed by atoms with van der Waals surface area (Å²) in [5.41, 5.74) is -1.04. The van der Waals surface area contributed by atoms with E-state index in [1.165, 1.54) is 0 Å². The van der Waals surface area contributed by atoms with Gasteiger partial charge in [-0.05, 0) is 25.6 Å². The summed E-state index contributed by atoms with van der Waals surface area (Å²) in [5.74, 6) is 0.246. The Bertz CT molecular complexity index is 454. The van der Waals surface area contributed by atoms with Crippen LogP contribution in [0.5, 0.6) is 0 Å². The molecule has 4 heterocycles. The molecule has 4 aliphatic rings. The van der Waals surface area contributed by atoms with Gasteiger partial charge in [0.2, 0.25) is 0 Å². The minimum atomic E-state index is -0.810. The summed E-state index contributed by atoms with van der Waals surface area (Å²) in [6, 6.07) is 0. The van der Waals surface area contributed by atoms with Crippen molar-refractivity contribution in [3.8, 4) is 0 Å². The summed E-state index contributed by atoms with van der Waals surface area (Å²) in [7, 11) is 1.90. The molecule has 9 heteroatoms. The zero-order valence-electron chi connectivity index (χ0n) is 14.8. The van der Waals surface area contributed by atoms with Crippen LogP contribution in [0.3, 0.4) is 0 Å². The fourth-order valence-electron chi connectivity index (χ4n) is 4.16. The molecule has 0 aromatic carbocycles. The van der Waals surface area contributed by atoms with Crippen LogP contribution in [0.1, 0.15) is 20.3 Å². The third-order valence-corrected chi connectivity index (χ3v) is 5.84. The topological polar surface area (TPSA) is 69.6 Å². The number of rotatable bonds is 6. The third-order valence-electron chi connectivity index (χ3n) is 5.84. The maximum Gasteiger partial charge on any atom is 0.114 e. The summed E-state index contributed by atoms with van der Waals surface area (Å²) < 4.78 is 22.8. The first-order valence-electron chi connectivity index (χ1n) is 8.32. The molecule has 4 bridgehead atoms. The van der Waals surface area contributed by atoms with E-state index in [1.54, 1.807) is 11.7 Å². The molecule has 1 N–H and O–H groups in total. The molecule has 0 radical (unpaired) electrons. The van der Waals surface area contributed by atoms with Crippen molar-refractivity contribution in [3.05, 3.63) is 13.2 Å². The minimum Gasteiger partial charge on any atom is -0.543 e. The number of aliphatic hydroxyl groups is 1. The first kappa shape index (κ1) is 23.1. The fourth-order valence-corrected chi connectivity index (χ4v) is 4.16. The number of fused-ring (bicyclic) bond motifs is 4. The number of hydrogen-bond acceptors (Lipinski definition) is 7. The van der Waals surface area contributed by atoms with Gasteiger partial charge in [0.15, 0.2) is 0 Å². The van der Waals surface area contributed by atoms with Crippen molar-refractivity contribution in [1.82, 2.24) is 5.06 Å². The zero-order chi connectivity index (χ0) is 16.2. The van der Waals surface area contributed by atoms with E-state index in [0.717, 1.165) is 6.42 Å². The van der Waals surface area contributed by atoms with Gasteiger partial charge in [-0.2, -0.15) is 18.3 Å². The first-order valence-corrected chi connectivity index (χ1v) is 8.32. The molecule has 0 aromatic rings. The molecule has 0 amide bonds. The summed E-state index contributed by atoms with van der Waals surface area (Å²) in [4.78, 5) is 6.02. The molecular weight excluding hydrogens is 778 g/mol. The molecule has 7 nitrogen and oxygen atoms in total. The standard InChI is InChI=1S/C16H25NO6.2U/c1-4-15-8-19-12(6-21-15)11(15)5-17(3)23-10(2)16-9-20-13(7-22-16)14(16)18;;/h6-7,10-14,18H,4-5,8-9H2,1-3H3;;/q-2;;/t10?,11-,12-,13-,14-,15-,16+;;/m0../s1. The number of hydroxylamine groups is 2. The second-order valence-electron chi connectivity index (χ2n) is 7.04. The molecule has 0 aliphatic carbocycles. The largest absolute Gasteiger partial charge is 0.543 e. The number of aliphatic hydroxyl groups excluding tert-OH is 1.